The van der Waals surface area contributed by atoms with E-state index in [9.17, 15) is 0 Å². The Morgan fingerprint density at radius 2 is 1.80 bits per heavy atom. The first-order valence-electron chi connectivity index (χ1n) is 6.15. The summed E-state index contributed by atoms with van der Waals surface area (Å²) in [4.78, 5) is 0. The van der Waals surface area contributed by atoms with Crippen LogP contribution in [0.25, 0.3) is 0 Å². The fourth-order valence-electron chi connectivity index (χ4n) is 1.33. The fourth-order valence-corrected chi connectivity index (χ4v) is 1.33. The molecule has 0 saturated carbocycles. The van der Waals surface area contributed by atoms with Crippen LogP contribution in [-0.2, 0) is 0 Å². The van der Waals surface area contributed by atoms with Crippen LogP contribution in [0.3, 0.4) is 0 Å². The number of terminal acetylenes is 1. The van der Waals surface area contributed by atoms with Crippen LogP contribution < -0.4 is 0 Å². The van der Waals surface area contributed by atoms with Gasteiger partial charge in [0.15, 0.2) is 0 Å². The van der Waals surface area contributed by atoms with Crippen LogP contribution in [0.4, 0.5) is 0 Å². The third kappa shape index (κ3) is 13.1. The predicted molar refractivity (Wildman–Crippen MR) is 68.1 cm³/mol. The van der Waals surface area contributed by atoms with Crippen molar-refractivity contribution in [3.8, 4) is 24.2 Å². The van der Waals surface area contributed by atoms with Crippen LogP contribution in [0.2, 0.25) is 0 Å². The van der Waals surface area contributed by atoms with Crippen molar-refractivity contribution in [2.24, 2.45) is 0 Å². The van der Waals surface area contributed by atoms with Crippen LogP contribution in [-0.4, -0.2) is 0 Å². The molecule has 0 aliphatic carbocycles. The minimum atomic E-state index is 0.901. The molecular weight excluding hydrogens is 180 g/mol. The second-order valence-corrected chi connectivity index (χ2v) is 3.79. The zero-order valence-electron chi connectivity index (χ0n) is 10.0. The van der Waals surface area contributed by atoms with Crippen LogP contribution >= 0.6 is 0 Å². The topological polar surface area (TPSA) is 0 Å². The summed E-state index contributed by atoms with van der Waals surface area (Å²) in [6, 6.07) is 0. The lowest BCUT2D eigenvalue weighted by Crippen LogP contribution is -1.77. The van der Waals surface area contributed by atoms with Crippen molar-refractivity contribution in [3.63, 3.8) is 0 Å². The van der Waals surface area contributed by atoms with Crippen LogP contribution in [0.15, 0.2) is 0 Å². The molecule has 83 valence electrons. The second kappa shape index (κ2) is 13.1. The Morgan fingerprint density at radius 3 is 2.53 bits per heavy atom. The molecule has 15 heavy (non-hydrogen) atoms. The molecule has 0 unspecified atom stereocenters. The lowest BCUT2D eigenvalue weighted by molar-refractivity contribution is 0.679. The minimum Gasteiger partial charge on any atom is -0.120 e. The highest BCUT2D eigenvalue weighted by molar-refractivity contribution is 5.09. The van der Waals surface area contributed by atoms with Crippen LogP contribution in [0, 0.1) is 30.6 Å². The molecule has 0 heterocycles. The smallest absolute Gasteiger partial charge is 0.0340 e. The van der Waals surface area contributed by atoms with Gasteiger partial charge in [-0.2, -0.15) is 0 Å². The summed E-state index contributed by atoms with van der Waals surface area (Å²) in [5, 5.41) is 0. The van der Waals surface area contributed by atoms with E-state index in [2.05, 4.69) is 31.1 Å². The molecule has 0 heteroatoms. The van der Waals surface area contributed by atoms with Gasteiger partial charge >= 0.3 is 0 Å². The van der Waals surface area contributed by atoms with E-state index in [1.165, 1.54) is 32.1 Å². The maximum absolute atomic E-state index is 5.16. The largest absolute Gasteiger partial charge is 0.120 e. The first-order chi connectivity index (χ1) is 7.41. The van der Waals surface area contributed by atoms with Crippen molar-refractivity contribution in [1.82, 2.24) is 0 Å². The molecule has 0 aromatic carbocycles. The second-order valence-electron chi connectivity index (χ2n) is 3.79. The van der Waals surface area contributed by atoms with Crippen molar-refractivity contribution in [2.75, 3.05) is 0 Å². The Kier molecular flexibility index (Phi) is 12.4. The molecule has 0 nitrogen and oxygen atoms in total. The summed E-state index contributed by atoms with van der Waals surface area (Å²) in [6.45, 7) is 2.23. The summed E-state index contributed by atoms with van der Waals surface area (Å²) < 4.78 is 0. The molecule has 0 aromatic heterocycles. The standard InChI is InChI=1S/C15H23/c1-3-5-7-9-11-13-15-14-12-10-8-6-4-2/h1,13H,4-12H2,2H3. The van der Waals surface area contributed by atoms with E-state index < -0.39 is 0 Å². The molecule has 1 radical (unpaired) electrons. The molecule has 0 rings (SSSR count). The zero-order valence-corrected chi connectivity index (χ0v) is 10.0. The van der Waals surface area contributed by atoms with Crippen LogP contribution in [0.1, 0.15) is 64.7 Å². The number of rotatable bonds is 8. The van der Waals surface area contributed by atoms with E-state index >= 15 is 0 Å². The molecule has 0 saturated heterocycles. The van der Waals surface area contributed by atoms with E-state index in [1.54, 1.807) is 0 Å². The van der Waals surface area contributed by atoms with E-state index in [4.69, 9.17) is 6.42 Å². The van der Waals surface area contributed by atoms with Crippen molar-refractivity contribution >= 4 is 0 Å². The van der Waals surface area contributed by atoms with Gasteiger partial charge in [0.1, 0.15) is 0 Å². The van der Waals surface area contributed by atoms with Crippen molar-refractivity contribution in [2.45, 2.75) is 64.7 Å². The van der Waals surface area contributed by atoms with Gasteiger partial charge in [-0.3, -0.25) is 0 Å². The molecule has 0 atom stereocenters. The maximum atomic E-state index is 5.16. The van der Waals surface area contributed by atoms with Gasteiger partial charge in [-0.1, -0.05) is 38.5 Å². The van der Waals surface area contributed by atoms with Gasteiger partial charge in [-0.05, 0) is 19.3 Å². The monoisotopic (exact) mass is 203 g/mol. The van der Waals surface area contributed by atoms with E-state index in [-0.39, 0.29) is 0 Å². The van der Waals surface area contributed by atoms with Gasteiger partial charge in [0.25, 0.3) is 0 Å². The Hall–Kier alpha value is -0.880. The summed E-state index contributed by atoms with van der Waals surface area (Å²) in [7, 11) is 0. The molecule has 0 fully saturated rings. The third-order valence-electron chi connectivity index (χ3n) is 2.28. The Morgan fingerprint density at radius 1 is 1.00 bits per heavy atom. The van der Waals surface area contributed by atoms with Gasteiger partial charge in [-0.15, -0.1) is 18.3 Å². The summed E-state index contributed by atoms with van der Waals surface area (Å²) in [6.07, 6.45) is 17.8. The lowest BCUT2D eigenvalue weighted by atomic mass is 10.1. The van der Waals surface area contributed by atoms with E-state index in [0.717, 1.165) is 25.7 Å². The average Bonchev–Trinajstić information content (AvgIpc) is 2.26. The molecule has 0 aliphatic rings. The summed E-state index contributed by atoms with van der Waals surface area (Å²) in [5.74, 6) is 8.95. The Bertz CT molecular complexity index is 208. The normalized spacial score (nSPS) is 9.07. The first-order valence-corrected chi connectivity index (χ1v) is 6.15. The van der Waals surface area contributed by atoms with Crippen molar-refractivity contribution < 1.29 is 0 Å². The fraction of sp³-hybridized carbons (Fsp3) is 0.667. The highest BCUT2D eigenvalue weighted by Crippen LogP contribution is 2.02. The molecule has 0 bridgehead atoms. The van der Waals surface area contributed by atoms with Crippen molar-refractivity contribution in [3.05, 3.63) is 6.42 Å². The molecule has 0 aliphatic heterocycles. The molecule has 0 spiro atoms. The molecule has 0 amide bonds. The molecule has 0 N–H and O–H groups in total. The van der Waals surface area contributed by atoms with E-state index in [0.29, 0.717) is 0 Å². The first kappa shape index (κ1) is 14.1. The summed E-state index contributed by atoms with van der Waals surface area (Å²) >= 11 is 0. The number of unbranched alkanes of at least 4 members (excludes halogenated alkanes) is 8. The van der Waals surface area contributed by atoms with Gasteiger partial charge < -0.3 is 0 Å². The molecular formula is C15H23. The molecule has 0 aromatic rings. The zero-order chi connectivity index (χ0) is 11.2. The summed E-state index contributed by atoms with van der Waals surface area (Å²) in [5.41, 5.74) is 0. The van der Waals surface area contributed by atoms with Gasteiger partial charge in [-0.25, -0.2) is 0 Å². The predicted octanol–water partition coefficient (Wildman–Crippen LogP) is 4.36. The van der Waals surface area contributed by atoms with Gasteiger partial charge in [0.05, 0.1) is 0 Å². The minimum absolute atomic E-state index is 0.901. The highest BCUT2D eigenvalue weighted by atomic mass is 13.9. The lowest BCUT2D eigenvalue weighted by Gasteiger charge is -1.93. The third-order valence-corrected chi connectivity index (χ3v) is 2.28. The van der Waals surface area contributed by atoms with E-state index in [1.807, 2.05) is 0 Å². The van der Waals surface area contributed by atoms with Crippen molar-refractivity contribution in [1.29, 1.82) is 0 Å². The SMILES string of the molecule is C#CCCCC[CH]C#CCCCCCC. The highest BCUT2D eigenvalue weighted by Gasteiger charge is 1.86. The Labute approximate surface area is 95.8 Å². The maximum Gasteiger partial charge on any atom is 0.0340 e. The quantitative estimate of drug-likeness (QED) is 0.406. The van der Waals surface area contributed by atoms with Gasteiger partial charge in [0, 0.05) is 19.3 Å². The average molecular weight is 203 g/mol. The number of hydrogen-bond acceptors (Lipinski definition) is 0. The Balaban J connectivity index is 3.07. The number of hydrogen-bond donors (Lipinski definition) is 0. The van der Waals surface area contributed by atoms with Crippen LogP contribution in [0.5, 0.6) is 0 Å². The van der Waals surface area contributed by atoms with Gasteiger partial charge in [0.2, 0.25) is 0 Å².